The largest absolute Gasteiger partial charge is 0.411 e. The average Bonchev–Trinajstić information content (AvgIpc) is 3.08. The molecule has 3 aromatic rings. The Morgan fingerprint density at radius 1 is 1.00 bits per heavy atom. The summed E-state index contributed by atoms with van der Waals surface area (Å²) in [7, 11) is 0. The van der Waals surface area contributed by atoms with Crippen LogP contribution in [0.3, 0.4) is 0 Å². The van der Waals surface area contributed by atoms with Gasteiger partial charge in [-0.3, -0.25) is 4.90 Å². The smallest absolute Gasteiger partial charge is 0.276 e. The van der Waals surface area contributed by atoms with Crippen molar-refractivity contribution in [3.05, 3.63) is 66.2 Å². The van der Waals surface area contributed by atoms with Crippen molar-refractivity contribution in [1.29, 1.82) is 0 Å². The molecule has 1 fully saturated rings. The number of thioether (sulfide) groups is 1. The first kappa shape index (κ1) is 18.2. The molecule has 0 aliphatic carbocycles. The van der Waals surface area contributed by atoms with Gasteiger partial charge in [-0.05, 0) is 24.1 Å². The van der Waals surface area contributed by atoms with Crippen LogP contribution >= 0.6 is 11.8 Å². The zero-order valence-electron chi connectivity index (χ0n) is 15.2. The van der Waals surface area contributed by atoms with Gasteiger partial charge in [0.15, 0.2) is 0 Å². The van der Waals surface area contributed by atoms with Gasteiger partial charge in [0.1, 0.15) is 0 Å². The first-order valence-electron chi connectivity index (χ1n) is 9.26. The van der Waals surface area contributed by atoms with Gasteiger partial charge in [-0.1, -0.05) is 60.3 Å². The highest BCUT2D eigenvalue weighted by molar-refractivity contribution is 7.99. The maximum Gasteiger partial charge on any atom is 0.276 e. The normalized spacial score (nSPS) is 18.3. The lowest BCUT2D eigenvalue weighted by Crippen LogP contribution is -2.32. The van der Waals surface area contributed by atoms with E-state index in [-0.39, 0.29) is 6.10 Å². The van der Waals surface area contributed by atoms with Gasteiger partial charge >= 0.3 is 0 Å². The third kappa shape index (κ3) is 5.19. The second-order valence-electron chi connectivity index (χ2n) is 6.62. The summed E-state index contributed by atoms with van der Waals surface area (Å²) in [5, 5.41) is 8.91. The van der Waals surface area contributed by atoms with Crippen molar-refractivity contribution in [2.45, 2.75) is 24.3 Å². The van der Waals surface area contributed by atoms with Crippen molar-refractivity contribution in [1.82, 2.24) is 15.1 Å². The lowest BCUT2D eigenvalue weighted by molar-refractivity contribution is 0.0699. The number of rotatable bonds is 6. The van der Waals surface area contributed by atoms with Crippen LogP contribution in [0.2, 0.25) is 0 Å². The summed E-state index contributed by atoms with van der Waals surface area (Å²) in [5.41, 5.74) is 2.28. The minimum atomic E-state index is 0.160. The molecule has 0 amide bonds. The van der Waals surface area contributed by atoms with Crippen molar-refractivity contribution in [2.24, 2.45) is 0 Å². The molecular formula is C21H23N3O2S. The molecule has 0 N–H and O–H groups in total. The predicted molar refractivity (Wildman–Crippen MR) is 107 cm³/mol. The molecule has 1 aliphatic rings. The van der Waals surface area contributed by atoms with E-state index in [0.717, 1.165) is 44.0 Å². The van der Waals surface area contributed by atoms with E-state index in [1.165, 1.54) is 5.56 Å². The molecule has 2 aromatic carbocycles. The third-order valence-corrected chi connectivity index (χ3v) is 5.45. The summed E-state index contributed by atoms with van der Waals surface area (Å²) < 4.78 is 11.8. The highest BCUT2D eigenvalue weighted by Gasteiger charge is 2.20. The zero-order valence-corrected chi connectivity index (χ0v) is 16.0. The Labute approximate surface area is 163 Å². The molecule has 1 aliphatic heterocycles. The molecule has 27 heavy (non-hydrogen) atoms. The van der Waals surface area contributed by atoms with Crippen LogP contribution in [0.25, 0.3) is 11.5 Å². The van der Waals surface area contributed by atoms with Gasteiger partial charge in [-0.15, -0.1) is 10.2 Å². The van der Waals surface area contributed by atoms with E-state index in [9.17, 15) is 0 Å². The Hall–Kier alpha value is -2.15. The molecule has 0 bridgehead atoms. The van der Waals surface area contributed by atoms with Gasteiger partial charge < -0.3 is 9.15 Å². The fourth-order valence-corrected chi connectivity index (χ4v) is 3.95. The van der Waals surface area contributed by atoms with Crippen molar-refractivity contribution >= 4 is 11.8 Å². The Balaban J connectivity index is 1.33. The first-order chi connectivity index (χ1) is 13.4. The third-order valence-electron chi connectivity index (χ3n) is 4.50. The summed E-state index contributed by atoms with van der Waals surface area (Å²) in [6.45, 7) is 3.75. The van der Waals surface area contributed by atoms with Gasteiger partial charge in [0.05, 0.1) is 6.10 Å². The monoisotopic (exact) mass is 381 g/mol. The summed E-state index contributed by atoms with van der Waals surface area (Å²) in [6.07, 6.45) is 1.22. The van der Waals surface area contributed by atoms with E-state index in [1.807, 2.05) is 30.3 Å². The summed E-state index contributed by atoms with van der Waals surface area (Å²) in [6, 6.07) is 20.4. The number of aromatic nitrogens is 2. The molecule has 6 heteroatoms. The van der Waals surface area contributed by atoms with Crippen LogP contribution in [-0.4, -0.2) is 46.7 Å². The van der Waals surface area contributed by atoms with Crippen molar-refractivity contribution in [3.63, 3.8) is 0 Å². The molecule has 0 unspecified atom stereocenters. The maximum absolute atomic E-state index is 6.03. The standard InChI is InChI=1S/C21H23N3O2S/c1-3-8-17(9-4-1)14-24-12-7-13-25-19(15-24)16-27-21-23-22-20(26-21)18-10-5-2-6-11-18/h1-6,8-11,19H,7,12-16H2/t19-/m1/s1. The molecule has 5 nitrogen and oxygen atoms in total. The van der Waals surface area contributed by atoms with Crippen LogP contribution in [0.4, 0.5) is 0 Å². The minimum absolute atomic E-state index is 0.160. The second-order valence-corrected chi connectivity index (χ2v) is 7.59. The van der Waals surface area contributed by atoms with Crippen LogP contribution in [0.15, 0.2) is 70.3 Å². The lowest BCUT2D eigenvalue weighted by atomic mass is 10.2. The van der Waals surface area contributed by atoms with Gasteiger partial charge in [0.25, 0.3) is 5.22 Å². The molecule has 140 valence electrons. The zero-order chi connectivity index (χ0) is 18.3. The first-order valence-corrected chi connectivity index (χ1v) is 10.2. The number of hydrogen-bond donors (Lipinski definition) is 0. The molecule has 1 aromatic heterocycles. The van der Waals surface area contributed by atoms with E-state index in [2.05, 4.69) is 45.4 Å². The molecule has 2 heterocycles. The molecule has 4 rings (SSSR count). The minimum Gasteiger partial charge on any atom is -0.411 e. The topological polar surface area (TPSA) is 51.4 Å². The molecule has 0 spiro atoms. The van der Waals surface area contributed by atoms with Gasteiger partial charge in [0.2, 0.25) is 5.89 Å². The SMILES string of the molecule is c1ccc(CN2CCCO[C@@H](CSc3nnc(-c4ccccc4)o3)C2)cc1. The number of hydrogen-bond acceptors (Lipinski definition) is 6. The van der Waals surface area contributed by atoms with E-state index in [1.54, 1.807) is 11.8 Å². The molecule has 0 saturated carbocycles. The van der Waals surface area contributed by atoms with Crippen LogP contribution in [-0.2, 0) is 11.3 Å². The fourth-order valence-electron chi connectivity index (χ4n) is 3.19. The van der Waals surface area contributed by atoms with Crippen LogP contribution < -0.4 is 0 Å². The summed E-state index contributed by atoms with van der Waals surface area (Å²) in [5.74, 6) is 1.37. The van der Waals surface area contributed by atoms with Crippen molar-refractivity contribution in [2.75, 3.05) is 25.4 Å². The number of benzene rings is 2. The molecular weight excluding hydrogens is 358 g/mol. The Morgan fingerprint density at radius 3 is 2.59 bits per heavy atom. The molecule has 0 radical (unpaired) electrons. The predicted octanol–water partition coefficient (Wildman–Crippen LogP) is 4.12. The highest BCUT2D eigenvalue weighted by atomic mass is 32.2. The van der Waals surface area contributed by atoms with E-state index >= 15 is 0 Å². The summed E-state index contributed by atoms with van der Waals surface area (Å²) in [4.78, 5) is 2.47. The Kier molecular flexibility index (Phi) is 6.19. The van der Waals surface area contributed by atoms with Crippen molar-refractivity contribution < 1.29 is 9.15 Å². The van der Waals surface area contributed by atoms with Gasteiger partial charge in [-0.25, -0.2) is 0 Å². The summed E-state index contributed by atoms with van der Waals surface area (Å²) >= 11 is 1.57. The average molecular weight is 382 g/mol. The highest BCUT2D eigenvalue weighted by Crippen LogP contribution is 2.24. The molecule has 1 saturated heterocycles. The van der Waals surface area contributed by atoms with Gasteiger partial charge in [0, 0.05) is 37.6 Å². The van der Waals surface area contributed by atoms with Crippen LogP contribution in [0.5, 0.6) is 0 Å². The maximum atomic E-state index is 6.03. The van der Waals surface area contributed by atoms with Gasteiger partial charge in [-0.2, -0.15) is 0 Å². The van der Waals surface area contributed by atoms with E-state index in [4.69, 9.17) is 9.15 Å². The Morgan fingerprint density at radius 2 is 1.78 bits per heavy atom. The lowest BCUT2D eigenvalue weighted by Gasteiger charge is -2.23. The Bertz CT molecular complexity index is 826. The second kappa shape index (κ2) is 9.17. The van der Waals surface area contributed by atoms with Crippen LogP contribution in [0, 0.1) is 0 Å². The quantitative estimate of drug-likeness (QED) is 0.599. The molecule has 1 atom stereocenters. The number of nitrogens with zero attached hydrogens (tertiary/aromatic N) is 3. The fraction of sp³-hybridized carbons (Fsp3) is 0.333. The van der Waals surface area contributed by atoms with Crippen molar-refractivity contribution in [3.8, 4) is 11.5 Å². The van der Waals surface area contributed by atoms with E-state index < -0.39 is 0 Å². The number of ether oxygens (including phenoxy) is 1. The van der Waals surface area contributed by atoms with Crippen LogP contribution in [0.1, 0.15) is 12.0 Å². The van der Waals surface area contributed by atoms with E-state index in [0.29, 0.717) is 11.1 Å².